The molecule has 122 valence electrons. The second kappa shape index (κ2) is 8.33. The highest BCUT2D eigenvalue weighted by atomic mass is 32.1. The number of benzene rings is 1. The zero-order valence-corrected chi connectivity index (χ0v) is 13.1. The number of thiazole rings is 1. The van der Waals surface area contributed by atoms with Crippen molar-refractivity contribution >= 4 is 28.7 Å². The summed E-state index contributed by atoms with van der Waals surface area (Å²) in [6.45, 7) is 2.06. The van der Waals surface area contributed by atoms with Crippen LogP contribution in [0.5, 0.6) is 0 Å². The molecule has 0 aliphatic heterocycles. The van der Waals surface area contributed by atoms with Crippen molar-refractivity contribution in [2.45, 2.75) is 19.8 Å². The number of nitrogens with one attached hydrogen (secondary N) is 1. The molecule has 0 spiro atoms. The third-order valence-corrected chi connectivity index (χ3v) is 3.57. The number of hydrogen-bond donors (Lipinski definition) is 1. The van der Waals surface area contributed by atoms with Gasteiger partial charge in [-0.25, -0.2) is 13.8 Å². The first-order valence-electron chi connectivity index (χ1n) is 6.86. The van der Waals surface area contributed by atoms with Crippen LogP contribution in [0, 0.1) is 0 Å². The molecule has 1 aromatic heterocycles. The van der Waals surface area contributed by atoms with E-state index in [0.717, 1.165) is 0 Å². The highest BCUT2D eigenvalue weighted by molar-refractivity contribution is 7.13. The molecular formula is C15H15F2N3O2S. The molecule has 2 rings (SSSR count). The number of halogens is 2. The standard InChI is InChI=1S/C15H15F2N3O2S/c1-2-22-13(21)7-11-9-23-15(19-11)20-18-8-10-5-3-4-6-12(10)14(16)17/h3-6,8-9,14H,2,7H2,1H3,(H,19,20). The van der Waals surface area contributed by atoms with Gasteiger partial charge in [0.2, 0.25) is 5.13 Å². The highest BCUT2D eigenvalue weighted by Crippen LogP contribution is 2.21. The molecule has 0 radical (unpaired) electrons. The van der Waals surface area contributed by atoms with E-state index in [0.29, 0.717) is 23.0 Å². The SMILES string of the molecule is CCOC(=O)Cc1csc(NN=Cc2ccccc2C(F)F)n1. The van der Waals surface area contributed by atoms with Crippen LogP contribution < -0.4 is 5.43 Å². The Balaban J connectivity index is 1.96. The van der Waals surface area contributed by atoms with Gasteiger partial charge in [0.1, 0.15) is 0 Å². The van der Waals surface area contributed by atoms with Gasteiger partial charge < -0.3 is 4.74 Å². The van der Waals surface area contributed by atoms with Crippen LogP contribution in [0.25, 0.3) is 0 Å². The maximum absolute atomic E-state index is 12.8. The Kier molecular flexibility index (Phi) is 6.16. The fraction of sp³-hybridized carbons (Fsp3) is 0.267. The molecule has 1 heterocycles. The minimum absolute atomic E-state index is 0.0832. The van der Waals surface area contributed by atoms with Crippen molar-refractivity contribution in [3.8, 4) is 0 Å². The summed E-state index contributed by atoms with van der Waals surface area (Å²) in [5.74, 6) is -0.348. The summed E-state index contributed by atoms with van der Waals surface area (Å²) in [5.41, 5.74) is 3.48. The van der Waals surface area contributed by atoms with Gasteiger partial charge in [0.15, 0.2) is 0 Å². The monoisotopic (exact) mass is 339 g/mol. The zero-order valence-electron chi connectivity index (χ0n) is 12.3. The number of ether oxygens (including phenoxy) is 1. The number of anilines is 1. The van der Waals surface area contributed by atoms with Crippen LogP contribution in [0.15, 0.2) is 34.7 Å². The number of alkyl halides is 2. The maximum Gasteiger partial charge on any atom is 0.311 e. The Morgan fingerprint density at radius 1 is 1.48 bits per heavy atom. The van der Waals surface area contributed by atoms with Gasteiger partial charge in [-0.3, -0.25) is 10.2 Å². The highest BCUT2D eigenvalue weighted by Gasteiger charge is 2.10. The van der Waals surface area contributed by atoms with E-state index in [4.69, 9.17) is 4.74 Å². The Morgan fingerprint density at radius 3 is 3.00 bits per heavy atom. The van der Waals surface area contributed by atoms with Gasteiger partial charge in [-0.2, -0.15) is 5.10 Å². The average molecular weight is 339 g/mol. The number of hydrogen-bond acceptors (Lipinski definition) is 6. The quantitative estimate of drug-likeness (QED) is 0.475. The van der Waals surface area contributed by atoms with E-state index in [-0.39, 0.29) is 18.0 Å². The summed E-state index contributed by atoms with van der Waals surface area (Å²) in [7, 11) is 0. The lowest BCUT2D eigenvalue weighted by Gasteiger charge is -2.03. The molecule has 0 aliphatic rings. The van der Waals surface area contributed by atoms with Gasteiger partial charge in [-0.15, -0.1) is 11.3 Å². The summed E-state index contributed by atoms with van der Waals surface area (Å²) in [6.07, 6.45) is -1.16. The fourth-order valence-corrected chi connectivity index (χ4v) is 2.44. The molecule has 2 aromatic rings. The Bertz CT molecular complexity index is 689. The summed E-state index contributed by atoms with van der Waals surface area (Å²) in [6, 6.07) is 6.12. The number of rotatable bonds is 7. The number of nitrogens with zero attached hydrogens (tertiary/aromatic N) is 2. The molecule has 1 aromatic carbocycles. The molecule has 8 heteroatoms. The van der Waals surface area contributed by atoms with Gasteiger partial charge >= 0.3 is 5.97 Å². The van der Waals surface area contributed by atoms with Crippen LogP contribution in [0.3, 0.4) is 0 Å². The summed E-state index contributed by atoms with van der Waals surface area (Å²) in [4.78, 5) is 15.5. The van der Waals surface area contributed by atoms with Crippen molar-refractivity contribution in [1.82, 2.24) is 4.98 Å². The topological polar surface area (TPSA) is 63.6 Å². The normalized spacial score (nSPS) is 11.1. The van der Waals surface area contributed by atoms with Crippen LogP contribution in [-0.2, 0) is 16.0 Å². The second-order valence-electron chi connectivity index (χ2n) is 4.43. The van der Waals surface area contributed by atoms with Gasteiger partial charge in [0, 0.05) is 16.5 Å². The van der Waals surface area contributed by atoms with Gasteiger partial charge in [-0.1, -0.05) is 24.3 Å². The molecule has 0 atom stereocenters. The van der Waals surface area contributed by atoms with E-state index in [1.54, 1.807) is 30.5 Å². The molecule has 0 saturated heterocycles. The lowest BCUT2D eigenvalue weighted by Crippen LogP contribution is -2.07. The van der Waals surface area contributed by atoms with Crippen LogP contribution >= 0.6 is 11.3 Å². The van der Waals surface area contributed by atoms with E-state index in [9.17, 15) is 13.6 Å². The van der Waals surface area contributed by atoms with E-state index in [1.807, 2.05) is 0 Å². The van der Waals surface area contributed by atoms with Gasteiger partial charge in [0.25, 0.3) is 6.43 Å². The Morgan fingerprint density at radius 2 is 2.26 bits per heavy atom. The molecule has 0 unspecified atom stereocenters. The largest absolute Gasteiger partial charge is 0.466 e. The zero-order chi connectivity index (χ0) is 16.7. The summed E-state index contributed by atoms with van der Waals surface area (Å²) < 4.78 is 30.5. The van der Waals surface area contributed by atoms with Crippen molar-refractivity contribution in [3.05, 3.63) is 46.5 Å². The van der Waals surface area contributed by atoms with Gasteiger partial charge in [-0.05, 0) is 6.92 Å². The molecule has 23 heavy (non-hydrogen) atoms. The molecule has 0 fully saturated rings. The van der Waals surface area contributed by atoms with E-state index in [1.165, 1.54) is 23.6 Å². The molecule has 0 amide bonds. The van der Waals surface area contributed by atoms with Crippen LogP contribution in [0.4, 0.5) is 13.9 Å². The van der Waals surface area contributed by atoms with Crippen molar-refractivity contribution in [3.63, 3.8) is 0 Å². The molecule has 0 aliphatic carbocycles. The van der Waals surface area contributed by atoms with Crippen LogP contribution in [-0.4, -0.2) is 23.8 Å². The van der Waals surface area contributed by atoms with Crippen molar-refractivity contribution < 1.29 is 18.3 Å². The average Bonchev–Trinajstić information content (AvgIpc) is 2.95. The Labute approximate surface area is 136 Å². The molecule has 0 saturated carbocycles. The number of esters is 1. The van der Waals surface area contributed by atoms with Gasteiger partial charge in [0.05, 0.1) is 24.9 Å². The molecule has 5 nitrogen and oxygen atoms in total. The minimum atomic E-state index is -2.56. The molecule has 0 bridgehead atoms. The second-order valence-corrected chi connectivity index (χ2v) is 5.28. The minimum Gasteiger partial charge on any atom is -0.466 e. The smallest absolute Gasteiger partial charge is 0.311 e. The summed E-state index contributed by atoms with van der Waals surface area (Å²) in [5, 5.41) is 6.08. The van der Waals surface area contributed by atoms with Crippen LogP contribution in [0.1, 0.15) is 30.2 Å². The lowest BCUT2D eigenvalue weighted by atomic mass is 10.1. The number of aromatic nitrogens is 1. The van der Waals surface area contributed by atoms with Crippen LogP contribution in [0.2, 0.25) is 0 Å². The van der Waals surface area contributed by atoms with Crippen molar-refractivity contribution in [2.24, 2.45) is 5.10 Å². The molecule has 1 N–H and O–H groups in total. The Hall–Kier alpha value is -2.35. The van der Waals surface area contributed by atoms with E-state index in [2.05, 4.69) is 15.5 Å². The third kappa shape index (κ3) is 5.10. The first-order valence-corrected chi connectivity index (χ1v) is 7.74. The van der Waals surface area contributed by atoms with Crippen molar-refractivity contribution in [2.75, 3.05) is 12.0 Å². The predicted molar refractivity (Wildman–Crippen MR) is 85.1 cm³/mol. The predicted octanol–water partition coefficient (Wildman–Crippen LogP) is 3.63. The third-order valence-electron chi connectivity index (χ3n) is 2.78. The number of hydrazone groups is 1. The molecular weight excluding hydrogens is 324 g/mol. The van der Waals surface area contributed by atoms with Crippen molar-refractivity contribution in [1.29, 1.82) is 0 Å². The van der Waals surface area contributed by atoms with E-state index >= 15 is 0 Å². The fourth-order valence-electron chi connectivity index (χ4n) is 1.78. The maximum atomic E-state index is 12.8. The number of carbonyl (C=O) groups is 1. The lowest BCUT2D eigenvalue weighted by molar-refractivity contribution is -0.142. The summed E-state index contributed by atoms with van der Waals surface area (Å²) >= 11 is 1.26. The number of carbonyl (C=O) groups excluding carboxylic acids is 1. The first-order chi connectivity index (χ1) is 11.1. The van der Waals surface area contributed by atoms with E-state index < -0.39 is 6.43 Å². The first kappa shape index (κ1) is 17.0.